The molecule has 0 N–H and O–H groups in total. The first-order valence-electron chi connectivity index (χ1n) is 3.47. The topological polar surface area (TPSA) is 0 Å². The monoisotopic (exact) mass is 152 g/mol. The Bertz CT molecular complexity index is 179. The van der Waals surface area contributed by atoms with E-state index in [2.05, 4.69) is 43.7 Å². The highest BCUT2D eigenvalue weighted by molar-refractivity contribution is 7.55. The van der Waals surface area contributed by atoms with Crippen molar-refractivity contribution in [1.29, 1.82) is 0 Å². The van der Waals surface area contributed by atoms with Crippen molar-refractivity contribution in [3.8, 4) is 0 Å². The van der Waals surface area contributed by atoms with Gasteiger partial charge < -0.3 is 0 Å². The van der Waals surface area contributed by atoms with Crippen molar-refractivity contribution in [1.82, 2.24) is 0 Å². The first-order chi connectivity index (χ1) is 4.79. The Labute approximate surface area is 64.0 Å². The van der Waals surface area contributed by atoms with Gasteiger partial charge in [0.25, 0.3) is 0 Å². The highest BCUT2D eigenvalue weighted by atomic mass is 31.1. The van der Waals surface area contributed by atoms with Crippen LogP contribution in [0.3, 0.4) is 0 Å². The number of hydrogen-bond donors (Lipinski definition) is 0. The Morgan fingerprint density at radius 2 is 1.70 bits per heavy atom. The van der Waals surface area contributed by atoms with Gasteiger partial charge in [-0.1, -0.05) is 30.3 Å². The van der Waals surface area contributed by atoms with E-state index in [1.165, 1.54) is 11.7 Å². The number of hydrogen-bond acceptors (Lipinski definition) is 0. The van der Waals surface area contributed by atoms with Gasteiger partial charge in [-0.2, -0.15) is 0 Å². The largest absolute Gasteiger partial charge is 0.109 e. The van der Waals surface area contributed by atoms with Crippen molar-refractivity contribution in [2.45, 2.75) is 6.16 Å². The van der Waals surface area contributed by atoms with Gasteiger partial charge in [0.15, 0.2) is 0 Å². The Kier molecular flexibility index (Phi) is 2.89. The zero-order valence-electron chi connectivity index (χ0n) is 6.54. The fourth-order valence-electron chi connectivity index (χ4n) is 0.949. The third-order valence-electron chi connectivity index (χ3n) is 1.34. The Balaban J connectivity index is 2.59. The van der Waals surface area contributed by atoms with Gasteiger partial charge >= 0.3 is 0 Å². The van der Waals surface area contributed by atoms with Gasteiger partial charge in [0, 0.05) is 0 Å². The molecule has 0 unspecified atom stereocenters. The maximum Gasteiger partial charge on any atom is -0.00780 e. The lowest BCUT2D eigenvalue weighted by Gasteiger charge is -2.03. The molecule has 0 bridgehead atoms. The van der Waals surface area contributed by atoms with E-state index in [-0.39, 0.29) is 7.92 Å². The summed E-state index contributed by atoms with van der Waals surface area (Å²) < 4.78 is 0. The molecule has 1 heteroatoms. The van der Waals surface area contributed by atoms with Gasteiger partial charge in [0.1, 0.15) is 0 Å². The Morgan fingerprint density at radius 3 is 2.20 bits per heavy atom. The van der Waals surface area contributed by atoms with Crippen molar-refractivity contribution in [2.75, 3.05) is 13.3 Å². The van der Waals surface area contributed by atoms with Gasteiger partial charge in [-0.3, -0.25) is 0 Å². The van der Waals surface area contributed by atoms with E-state index >= 15 is 0 Å². The highest BCUT2D eigenvalue weighted by Gasteiger charge is 1.93. The predicted octanol–water partition coefficient (Wildman–Crippen LogP) is 2.93. The molecule has 0 amide bonds. The van der Waals surface area contributed by atoms with Crippen LogP contribution in [0, 0.1) is 0 Å². The molecule has 0 saturated heterocycles. The molecule has 1 aromatic carbocycles. The molecule has 0 nitrogen and oxygen atoms in total. The zero-order valence-corrected chi connectivity index (χ0v) is 7.44. The van der Waals surface area contributed by atoms with Crippen LogP contribution in [0.5, 0.6) is 0 Å². The average molecular weight is 152 g/mol. The molecule has 1 rings (SSSR count). The molecule has 0 atom stereocenters. The third kappa shape index (κ3) is 2.49. The van der Waals surface area contributed by atoms with Crippen molar-refractivity contribution >= 4 is 7.92 Å². The SMILES string of the molecule is CP(C)Cc1ccccc1. The summed E-state index contributed by atoms with van der Waals surface area (Å²) in [7, 11) is 0.223. The minimum Gasteiger partial charge on any atom is -0.109 e. The van der Waals surface area contributed by atoms with E-state index in [0.29, 0.717) is 0 Å². The molecule has 0 aliphatic heterocycles. The molecule has 0 spiro atoms. The quantitative estimate of drug-likeness (QED) is 0.571. The summed E-state index contributed by atoms with van der Waals surface area (Å²) in [5.74, 6) is 0. The molecule has 1 aromatic rings. The third-order valence-corrected chi connectivity index (χ3v) is 2.34. The molecule has 0 aliphatic carbocycles. The molecule has 0 aromatic heterocycles. The maximum absolute atomic E-state index is 2.31. The van der Waals surface area contributed by atoms with Gasteiger partial charge in [0.05, 0.1) is 0 Å². The average Bonchev–Trinajstić information content (AvgIpc) is 1.88. The van der Waals surface area contributed by atoms with Gasteiger partial charge in [-0.25, -0.2) is 0 Å². The first kappa shape index (κ1) is 7.75. The van der Waals surface area contributed by atoms with Crippen LogP contribution in [0.1, 0.15) is 5.56 Å². The summed E-state index contributed by atoms with van der Waals surface area (Å²) >= 11 is 0. The molecule has 0 aliphatic rings. The second-order valence-corrected chi connectivity index (χ2v) is 5.20. The smallest absolute Gasteiger partial charge is 0.00780 e. The van der Waals surface area contributed by atoms with Crippen molar-refractivity contribution in [2.24, 2.45) is 0 Å². The standard InChI is InChI=1S/C9H13P/c1-10(2)8-9-6-4-3-5-7-9/h3-7H,8H2,1-2H3. The maximum atomic E-state index is 2.31. The molecular weight excluding hydrogens is 139 g/mol. The van der Waals surface area contributed by atoms with Crippen LogP contribution in [0.15, 0.2) is 30.3 Å². The highest BCUT2D eigenvalue weighted by Crippen LogP contribution is 2.29. The summed E-state index contributed by atoms with van der Waals surface area (Å²) in [5, 5.41) is 0. The van der Waals surface area contributed by atoms with Crippen LogP contribution in [-0.2, 0) is 6.16 Å². The van der Waals surface area contributed by atoms with Crippen LogP contribution in [0.4, 0.5) is 0 Å². The van der Waals surface area contributed by atoms with Crippen LogP contribution >= 0.6 is 7.92 Å². The van der Waals surface area contributed by atoms with E-state index in [1.54, 1.807) is 0 Å². The fraction of sp³-hybridized carbons (Fsp3) is 0.333. The van der Waals surface area contributed by atoms with Gasteiger partial charge in [0.2, 0.25) is 0 Å². The van der Waals surface area contributed by atoms with E-state index < -0.39 is 0 Å². The van der Waals surface area contributed by atoms with E-state index in [4.69, 9.17) is 0 Å². The normalized spacial score (nSPS) is 10.3. The lowest BCUT2D eigenvalue weighted by Crippen LogP contribution is -1.79. The van der Waals surface area contributed by atoms with E-state index in [0.717, 1.165) is 0 Å². The molecule has 54 valence electrons. The summed E-state index contributed by atoms with van der Waals surface area (Å²) in [6, 6.07) is 10.7. The Hall–Kier alpha value is -0.350. The Morgan fingerprint density at radius 1 is 1.10 bits per heavy atom. The van der Waals surface area contributed by atoms with Crippen molar-refractivity contribution < 1.29 is 0 Å². The van der Waals surface area contributed by atoms with Crippen LogP contribution in [-0.4, -0.2) is 13.3 Å². The molecule has 10 heavy (non-hydrogen) atoms. The minimum atomic E-state index is 0.223. The van der Waals surface area contributed by atoms with Crippen LogP contribution in [0.25, 0.3) is 0 Å². The predicted molar refractivity (Wildman–Crippen MR) is 48.9 cm³/mol. The van der Waals surface area contributed by atoms with Gasteiger partial charge in [-0.15, -0.1) is 7.92 Å². The van der Waals surface area contributed by atoms with Gasteiger partial charge in [-0.05, 0) is 25.1 Å². The summed E-state index contributed by atoms with van der Waals surface area (Å²) in [6.45, 7) is 4.62. The van der Waals surface area contributed by atoms with Crippen molar-refractivity contribution in [3.63, 3.8) is 0 Å². The summed E-state index contributed by atoms with van der Waals surface area (Å²) in [4.78, 5) is 0. The van der Waals surface area contributed by atoms with E-state index in [1.807, 2.05) is 0 Å². The lowest BCUT2D eigenvalue weighted by molar-refractivity contribution is 1.40. The molecule has 0 fully saturated rings. The first-order valence-corrected chi connectivity index (χ1v) is 5.90. The minimum absolute atomic E-state index is 0.223. The summed E-state index contributed by atoms with van der Waals surface area (Å²) in [6.07, 6.45) is 1.26. The second-order valence-electron chi connectivity index (χ2n) is 2.72. The molecular formula is C9H13P. The molecule has 0 heterocycles. The second kappa shape index (κ2) is 3.73. The van der Waals surface area contributed by atoms with Crippen LogP contribution in [0.2, 0.25) is 0 Å². The summed E-state index contributed by atoms with van der Waals surface area (Å²) in [5.41, 5.74) is 1.47. The molecule has 0 radical (unpaired) electrons. The van der Waals surface area contributed by atoms with Crippen LogP contribution < -0.4 is 0 Å². The lowest BCUT2D eigenvalue weighted by atomic mass is 10.2. The number of rotatable bonds is 2. The molecule has 0 saturated carbocycles. The van der Waals surface area contributed by atoms with E-state index in [9.17, 15) is 0 Å². The fourth-order valence-corrected chi connectivity index (χ4v) is 1.89. The van der Waals surface area contributed by atoms with Crippen molar-refractivity contribution in [3.05, 3.63) is 35.9 Å². The zero-order chi connectivity index (χ0) is 7.40. The number of benzene rings is 1.